The van der Waals surface area contributed by atoms with Gasteiger partial charge in [-0.3, -0.25) is 4.79 Å². The third kappa shape index (κ3) is 5.52. The number of hydrogen-bond acceptors (Lipinski definition) is 4. The van der Waals surface area contributed by atoms with Crippen LogP contribution in [-0.4, -0.2) is 53.1 Å². The van der Waals surface area contributed by atoms with Crippen molar-refractivity contribution in [2.45, 2.75) is 75.8 Å². The lowest BCUT2D eigenvalue weighted by atomic mass is 9.69. The molecule has 1 aromatic heterocycles. The molecule has 1 N–H and O–H groups in total. The van der Waals surface area contributed by atoms with E-state index in [1.165, 1.54) is 37.7 Å². The zero-order chi connectivity index (χ0) is 22.4. The summed E-state index contributed by atoms with van der Waals surface area (Å²) in [6.07, 6.45) is 14.5. The first-order valence-corrected chi connectivity index (χ1v) is 12.2. The van der Waals surface area contributed by atoms with Crippen LogP contribution in [0.25, 0.3) is 0 Å². The topological polar surface area (TPSA) is 59.4 Å². The maximum Gasteiger partial charge on any atom is 0.222 e. The summed E-state index contributed by atoms with van der Waals surface area (Å²) in [5, 5.41) is 3.28. The van der Waals surface area contributed by atoms with Gasteiger partial charge in [0.2, 0.25) is 5.91 Å². The lowest BCUT2D eigenvalue weighted by Crippen LogP contribution is -2.49. The summed E-state index contributed by atoms with van der Waals surface area (Å²) >= 11 is 0. The average molecular weight is 439 g/mol. The van der Waals surface area contributed by atoms with Crippen LogP contribution in [-0.2, 0) is 10.2 Å². The molecule has 2 heterocycles. The van der Waals surface area contributed by atoms with Crippen LogP contribution in [0.5, 0.6) is 5.75 Å². The summed E-state index contributed by atoms with van der Waals surface area (Å²) in [7, 11) is 1.73. The second kappa shape index (κ2) is 10.5. The Morgan fingerprint density at radius 2 is 1.91 bits per heavy atom. The molecule has 4 rings (SSSR count). The quantitative estimate of drug-likeness (QED) is 0.667. The minimum atomic E-state index is 0.133. The Kier molecular flexibility index (Phi) is 7.51. The Morgan fingerprint density at radius 3 is 2.53 bits per heavy atom. The molecule has 1 unspecified atom stereocenters. The van der Waals surface area contributed by atoms with E-state index >= 15 is 0 Å². The van der Waals surface area contributed by atoms with E-state index in [0.717, 1.165) is 38.2 Å². The van der Waals surface area contributed by atoms with E-state index in [0.29, 0.717) is 6.42 Å². The lowest BCUT2D eigenvalue weighted by molar-refractivity contribution is -0.122. The molecule has 1 saturated heterocycles. The molecule has 1 saturated carbocycles. The highest BCUT2D eigenvalue weighted by atomic mass is 16.5. The first-order valence-electron chi connectivity index (χ1n) is 12.2. The number of nitrogens with one attached hydrogen (secondary N) is 1. The monoisotopic (exact) mass is 438 g/mol. The SMILES string of the molecule is COc1ccc(C2(CN3CCC(NC(=O)CC(C)n4ccnc4)CC3)CCCCC2)cc1. The van der Waals surface area contributed by atoms with Crippen molar-refractivity contribution in [1.29, 1.82) is 0 Å². The van der Waals surface area contributed by atoms with Gasteiger partial charge >= 0.3 is 0 Å². The third-order valence-corrected chi connectivity index (χ3v) is 7.51. The van der Waals surface area contributed by atoms with Crippen LogP contribution in [0.1, 0.15) is 69.9 Å². The maximum absolute atomic E-state index is 12.5. The zero-order valence-corrected chi connectivity index (χ0v) is 19.6. The number of piperidine rings is 1. The molecule has 0 bridgehead atoms. The number of amides is 1. The maximum atomic E-state index is 12.5. The lowest BCUT2D eigenvalue weighted by Gasteiger charge is -2.44. The summed E-state index contributed by atoms with van der Waals surface area (Å²) < 4.78 is 7.37. The Bertz CT molecular complexity index is 835. The van der Waals surface area contributed by atoms with Crippen molar-refractivity contribution in [3.05, 3.63) is 48.5 Å². The third-order valence-electron chi connectivity index (χ3n) is 7.51. The number of likely N-dealkylation sites (tertiary alicyclic amines) is 1. The van der Waals surface area contributed by atoms with Gasteiger partial charge in [0.05, 0.1) is 13.4 Å². The average Bonchev–Trinajstić information content (AvgIpc) is 3.36. The van der Waals surface area contributed by atoms with E-state index in [1.807, 2.05) is 10.8 Å². The largest absolute Gasteiger partial charge is 0.497 e. The Hall–Kier alpha value is -2.34. The fourth-order valence-corrected chi connectivity index (χ4v) is 5.57. The van der Waals surface area contributed by atoms with Crippen molar-refractivity contribution >= 4 is 5.91 Å². The molecule has 1 atom stereocenters. The number of carbonyl (C=O) groups is 1. The molecule has 0 spiro atoms. The molecule has 1 aliphatic heterocycles. The van der Waals surface area contributed by atoms with E-state index in [2.05, 4.69) is 46.4 Å². The van der Waals surface area contributed by atoms with Gasteiger partial charge in [0.15, 0.2) is 0 Å². The van der Waals surface area contributed by atoms with Gasteiger partial charge in [-0.25, -0.2) is 4.98 Å². The summed E-state index contributed by atoms with van der Waals surface area (Å²) in [6.45, 7) is 5.30. The molecule has 1 amide bonds. The van der Waals surface area contributed by atoms with Crippen LogP contribution in [0.4, 0.5) is 0 Å². The van der Waals surface area contributed by atoms with Gasteiger partial charge in [-0.15, -0.1) is 0 Å². The normalized spacial score (nSPS) is 20.6. The van der Waals surface area contributed by atoms with Gasteiger partial charge in [-0.05, 0) is 50.3 Å². The van der Waals surface area contributed by atoms with E-state index in [4.69, 9.17) is 4.74 Å². The summed E-state index contributed by atoms with van der Waals surface area (Å²) in [6, 6.07) is 9.19. The van der Waals surface area contributed by atoms with Crippen molar-refractivity contribution in [2.24, 2.45) is 0 Å². The van der Waals surface area contributed by atoms with E-state index in [9.17, 15) is 4.79 Å². The summed E-state index contributed by atoms with van der Waals surface area (Å²) in [5.41, 5.74) is 1.71. The minimum Gasteiger partial charge on any atom is -0.497 e. The van der Waals surface area contributed by atoms with Gasteiger partial charge in [0.1, 0.15) is 5.75 Å². The number of aromatic nitrogens is 2. The number of imidazole rings is 1. The molecule has 0 radical (unpaired) electrons. The molecule has 6 nitrogen and oxygen atoms in total. The van der Waals surface area contributed by atoms with Crippen molar-refractivity contribution in [3.63, 3.8) is 0 Å². The highest BCUT2D eigenvalue weighted by Crippen LogP contribution is 2.41. The van der Waals surface area contributed by atoms with Gasteiger partial charge in [0.25, 0.3) is 0 Å². The number of hydrogen-bond donors (Lipinski definition) is 1. The zero-order valence-electron chi connectivity index (χ0n) is 19.6. The predicted molar refractivity (Wildman–Crippen MR) is 127 cm³/mol. The summed E-state index contributed by atoms with van der Waals surface area (Å²) in [4.78, 5) is 19.2. The number of nitrogens with zero attached hydrogens (tertiary/aromatic N) is 3. The van der Waals surface area contributed by atoms with Crippen LogP contribution < -0.4 is 10.1 Å². The van der Waals surface area contributed by atoms with Crippen LogP contribution in [0, 0.1) is 0 Å². The molecular weight excluding hydrogens is 400 g/mol. The highest BCUT2D eigenvalue weighted by Gasteiger charge is 2.36. The number of ether oxygens (including phenoxy) is 1. The molecular formula is C26H38N4O2. The Labute approximate surface area is 192 Å². The molecule has 2 fully saturated rings. The highest BCUT2D eigenvalue weighted by molar-refractivity contribution is 5.76. The predicted octanol–water partition coefficient (Wildman–Crippen LogP) is 4.33. The molecule has 1 aromatic carbocycles. The number of benzene rings is 1. The van der Waals surface area contributed by atoms with Gasteiger partial charge in [-0.2, -0.15) is 0 Å². The van der Waals surface area contributed by atoms with Crippen LogP contribution in [0.15, 0.2) is 43.0 Å². The van der Waals surface area contributed by atoms with Crippen molar-refractivity contribution in [1.82, 2.24) is 19.8 Å². The van der Waals surface area contributed by atoms with E-state index in [1.54, 1.807) is 19.6 Å². The fourth-order valence-electron chi connectivity index (χ4n) is 5.57. The molecule has 174 valence electrons. The van der Waals surface area contributed by atoms with Crippen LogP contribution >= 0.6 is 0 Å². The second-order valence-corrected chi connectivity index (χ2v) is 9.75. The molecule has 2 aliphatic rings. The van der Waals surface area contributed by atoms with Crippen molar-refractivity contribution in [3.8, 4) is 5.75 Å². The molecule has 1 aliphatic carbocycles. The Balaban J connectivity index is 1.30. The number of rotatable bonds is 8. The number of carbonyl (C=O) groups excluding carboxylic acids is 1. The molecule has 32 heavy (non-hydrogen) atoms. The van der Waals surface area contributed by atoms with Crippen molar-refractivity contribution < 1.29 is 9.53 Å². The number of methoxy groups -OCH3 is 1. The van der Waals surface area contributed by atoms with Gasteiger partial charge in [0, 0.05) is 55.9 Å². The van der Waals surface area contributed by atoms with Gasteiger partial charge in [-0.1, -0.05) is 31.4 Å². The van der Waals surface area contributed by atoms with Gasteiger partial charge < -0.3 is 19.5 Å². The minimum absolute atomic E-state index is 0.133. The van der Waals surface area contributed by atoms with E-state index < -0.39 is 0 Å². The molecule has 6 heteroatoms. The van der Waals surface area contributed by atoms with Crippen LogP contribution in [0.3, 0.4) is 0 Å². The first kappa shape index (κ1) is 22.8. The first-order chi connectivity index (χ1) is 15.6. The standard InChI is InChI=1S/C26H38N4O2/c1-21(30-17-14-27-20-30)18-25(31)28-23-10-15-29(16-11-23)19-26(12-4-3-5-13-26)22-6-8-24(32-2)9-7-22/h6-9,14,17,20-21,23H,3-5,10-13,15-16,18-19H2,1-2H3,(H,28,31). The molecule has 2 aromatic rings. The summed E-state index contributed by atoms with van der Waals surface area (Å²) in [5.74, 6) is 1.07. The fraction of sp³-hybridized carbons (Fsp3) is 0.615. The smallest absolute Gasteiger partial charge is 0.222 e. The van der Waals surface area contributed by atoms with E-state index in [-0.39, 0.29) is 23.4 Å². The van der Waals surface area contributed by atoms with Crippen LogP contribution in [0.2, 0.25) is 0 Å². The van der Waals surface area contributed by atoms with Crippen molar-refractivity contribution in [2.75, 3.05) is 26.7 Å². The second-order valence-electron chi connectivity index (χ2n) is 9.75. The Morgan fingerprint density at radius 1 is 1.19 bits per heavy atom.